The number of aromatic nitrogens is 1. The zero-order valence-electron chi connectivity index (χ0n) is 7.40. The van der Waals surface area contributed by atoms with Crippen LogP contribution in [0.3, 0.4) is 0 Å². The number of nitrogens with two attached hydrogens (primary N) is 1. The molecule has 4 nitrogen and oxygen atoms in total. The van der Waals surface area contributed by atoms with E-state index >= 15 is 0 Å². The predicted octanol–water partition coefficient (Wildman–Crippen LogP) is 1.16. The molecule has 0 fully saturated rings. The predicted molar refractivity (Wildman–Crippen MR) is 56.4 cm³/mol. The van der Waals surface area contributed by atoms with E-state index in [0.717, 1.165) is 4.88 Å². The third-order valence-corrected chi connectivity index (χ3v) is 2.09. The molecule has 13 heavy (non-hydrogen) atoms. The fraction of sp³-hybridized carbons (Fsp3) is 0.429. The number of halogens is 1. The van der Waals surface area contributed by atoms with Crippen LogP contribution in [-0.2, 0) is 4.79 Å². The number of nitrogens with one attached hydrogen (secondary N) is 1. The SMILES string of the molecule is Cc1cnc(NC(=O)C(C)N)s1.Cl. The molecule has 1 atom stereocenters. The van der Waals surface area contributed by atoms with Crippen LogP contribution in [0.5, 0.6) is 0 Å². The number of amides is 1. The molecule has 1 aromatic heterocycles. The number of thiazole rings is 1. The topological polar surface area (TPSA) is 68.0 Å². The van der Waals surface area contributed by atoms with Crippen molar-refractivity contribution in [2.45, 2.75) is 19.9 Å². The van der Waals surface area contributed by atoms with Crippen LogP contribution in [0, 0.1) is 6.92 Å². The molecule has 1 aromatic rings. The minimum Gasteiger partial charge on any atom is -0.320 e. The van der Waals surface area contributed by atoms with Crippen molar-refractivity contribution in [3.63, 3.8) is 0 Å². The summed E-state index contributed by atoms with van der Waals surface area (Å²) in [5, 5.41) is 3.21. The fourth-order valence-electron chi connectivity index (χ4n) is 0.632. The van der Waals surface area contributed by atoms with Gasteiger partial charge < -0.3 is 11.1 Å². The van der Waals surface area contributed by atoms with Crippen molar-refractivity contribution in [3.05, 3.63) is 11.1 Å². The number of hydrogen-bond acceptors (Lipinski definition) is 4. The summed E-state index contributed by atoms with van der Waals surface area (Å²) < 4.78 is 0. The molecule has 0 aliphatic rings. The van der Waals surface area contributed by atoms with E-state index in [1.54, 1.807) is 13.1 Å². The maximum absolute atomic E-state index is 11.1. The standard InChI is InChI=1S/C7H11N3OS.ClH/c1-4-3-9-7(12-4)10-6(11)5(2)8;/h3,5H,8H2,1-2H3,(H,9,10,11);1H. The second-order valence-corrected chi connectivity index (χ2v) is 3.79. The molecule has 0 saturated heterocycles. The van der Waals surface area contributed by atoms with Gasteiger partial charge in [0, 0.05) is 11.1 Å². The molecule has 0 radical (unpaired) electrons. The molecule has 0 spiro atoms. The van der Waals surface area contributed by atoms with E-state index in [-0.39, 0.29) is 18.3 Å². The second kappa shape index (κ2) is 5.16. The van der Waals surface area contributed by atoms with Crippen LogP contribution >= 0.6 is 23.7 Å². The number of aryl methyl sites for hydroxylation is 1. The van der Waals surface area contributed by atoms with Crippen LogP contribution in [0.1, 0.15) is 11.8 Å². The number of hydrogen-bond donors (Lipinski definition) is 2. The van der Waals surface area contributed by atoms with Crippen molar-refractivity contribution in [1.82, 2.24) is 4.98 Å². The summed E-state index contributed by atoms with van der Waals surface area (Å²) in [5.41, 5.74) is 5.36. The third-order valence-electron chi connectivity index (χ3n) is 1.26. The molecule has 3 N–H and O–H groups in total. The van der Waals surface area contributed by atoms with Gasteiger partial charge in [-0.3, -0.25) is 4.79 Å². The van der Waals surface area contributed by atoms with Crippen LogP contribution in [-0.4, -0.2) is 16.9 Å². The quantitative estimate of drug-likeness (QED) is 0.788. The highest BCUT2D eigenvalue weighted by atomic mass is 35.5. The Balaban J connectivity index is 0.00000144. The molecular weight excluding hydrogens is 210 g/mol. The van der Waals surface area contributed by atoms with Gasteiger partial charge in [-0.2, -0.15) is 0 Å². The summed E-state index contributed by atoms with van der Waals surface area (Å²) in [6, 6.07) is -0.491. The van der Waals surface area contributed by atoms with Gasteiger partial charge in [0.1, 0.15) is 0 Å². The molecule has 6 heteroatoms. The smallest absolute Gasteiger partial charge is 0.242 e. The van der Waals surface area contributed by atoms with Gasteiger partial charge >= 0.3 is 0 Å². The van der Waals surface area contributed by atoms with E-state index in [1.807, 2.05) is 6.92 Å². The van der Waals surface area contributed by atoms with Crippen LogP contribution in [0.15, 0.2) is 6.20 Å². The number of carbonyl (C=O) groups excluding carboxylic acids is 1. The second-order valence-electron chi connectivity index (χ2n) is 2.55. The zero-order chi connectivity index (χ0) is 9.14. The van der Waals surface area contributed by atoms with Crippen LogP contribution in [0.4, 0.5) is 5.13 Å². The highest BCUT2D eigenvalue weighted by Crippen LogP contribution is 2.16. The summed E-state index contributed by atoms with van der Waals surface area (Å²) >= 11 is 1.43. The average Bonchev–Trinajstić information content (AvgIpc) is 2.35. The van der Waals surface area contributed by atoms with E-state index in [2.05, 4.69) is 10.3 Å². The zero-order valence-corrected chi connectivity index (χ0v) is 9.04. The van der Waals surface area contributed by atoms with Crippen molar-refractivity contribution in [1.29, 1.82) is 0 Å². The van der Waals surface area contributed by atoms with E-state index in [1.165, 1.54) is 11.3 Å². The van der Waals surface area contributed by atoms with Gasteiger partial charge in [-0.25, -0.2) is 4.98 Å². The van der Waals surface area contributed by atoms with Gasteiger partial charge in [0.05, 0.1) is 6.04 Å². The summed E-state index contributed by atoms with van der Waals surface area (Å²) in [5.74, 6) is -0.204. The molecule has 0 bridgehead atoms. The first kappa shape index (κ1) is 12.3. The van der Waals surface area contributed by atoms with Crippen LogP contribution in [0.2, 0.25) is 0 Å². The summed E-state index contributed by atoms with van der Waals surface area (Å²) in [7, 11) is 0. The Morgan fingerprint density at radius 3 is 2.77 bits per heavy atom. The number of nitrogens with zero attached hydrogens (tertiary/aromatic N) is 1. The number of anilines is 1. The monoisotopic (exact) mass is 221 g/mol. The Labute approximate surface area is 87.0 Å². The summed E-state index contributed by atoms with van der Waals surface area (Å²) in [6.07, 6.45) is 1.71. The highest BCUT2D eigenvalue weighted by molar-refractivity contribution is 7.15. The first-order chi connectivity index (χ1) is 5.59. The Morgan fingerprint density at radius 2 is 2.38 bits per heavy atom. The fourth-order valence-corrected chi connectivity index (χ4v) is 1.30. The van der Waals surface area contributed by atoms with Gasteiger partial charge in [0.25, 0.3) is 0 Å². The first-order valence-electron chi connectivity index (χ1n) is 3.58. The largest absolute Gasteiger partial charge is 0.320 e. The number of rotatable bonds is 2. The lowest BCUT2D eigenvalue weighted by Gasteiger charge is -2.02. The van der Waals surface area contributed by atoms with Crippen molar-refractivity contribution >= 4 is 34.8 Å². The Morgan fingerprint density at radius 1 is 1.77 bits per heavy atom. The molecule has 0 saturated carbocycles. The van der Waals surface area contributed by atoms with E-state index in [4.69, 9.17) is 5.73 Å². The van der Waals surface area contributed by atoms with Crippen molar-refractivity contribution in [2.75, 3.05) is 5.32 Å². The lowest BCUT2D eigenvalue weighted by Crippen LogP contribution is -2.32. The molecule has 1 amide bonds. The lowest BCUT2D eigenvalue weighted by molar-refractivity contribution is -0.117. The van der Waals surface area contributed by atoms with Gasteiger partial charge in [0.2, 0.25) is 5.91 Å². The molecule has 1 heterocycles. The molecule has 1 rings (SSSR count). The lowest BCUT2D eigenvalue weighted by atomic mass is 10.3. The average molecular weight is 222 g/mol. The summed E-state index contributed by atoms with van der Waals surface area (Å²) in [4.78, 5) is 16.1. The maximum atomic E-state index is 11.1. The molecule has 0 aliphatic carbocycles. The van der Waals surface area contributed by atoms with E-state index < -0.39 is 6.04 Å². The molecule has 0 aromatic carbocycles. The molecule has 74 valence electrons. The maximum Gasteiger partial charge on any atom is 0.242 e. The Bertz CT molecular complexity index is 287. The van der Waals surface area contributed by atoms with E-state index in [9.17, 15) is 4.79 Å². The van der Waals surface area contributed by atoms with Crippen LogP contribution < -0.4 is 11.1 Å². The molecular formula is C7H12ClN3OS. The number of carbonyl (C=O) groups is 1. The highest BCUT2D eigenvalue weighted by Gasteiger charge is 2.08. The molecule has 1 unspecified atom stereocenters. The van der Waals surface area contributed by atoms with Gasteiger partial charge in [-0.1, -0.05) is 0 Å². The molecule has 0 aliphatic heterocycles. The van der Waals surface area contributed by atoms with Gasteiger partial charge in [-0.15, -0.1) is 23.7 Å². The van der Waals surface area contributed by atoms with Crippen molar-refractivity contribution in [2.24, 2.45) is 5.73 Å². The summed E-state index contributed by atoms with van der Waals surface area (Å²) in [6.45, 7) is 3.56. The van der Waals surface area contributed by atoms with Crippen LogP contribution in [0.25, 0.3) is 0 Å². The van der Waals surface area contributed by atoms with Crippen molar-refractivity contribution < 1.29 is 4.79 Å². The minimum atomic E-state index is -0.491. The normalized spacial score (nSPS) is 11.6. The Kier molecular flexibility index (Phi) is 4.90. The van der Waals surface area contributed by atoms with E-state index in [0.29, 0.717) is 5.13 Å². The van der Waals surface area contributed by atoms with Gasteiger partial charge in [-0.05, 0) is 13.8 Å². The third kappa shape index (κ3) is 3.71. The minimum absolute atomic E-state index is 0. The van der Waals surface area contributed by atoms with Gasteiger partial charge in [0.15, 0.2) is 5.13 Å². The Hall–Kier alpha value is -0.650. The van der Waals surface area contributed by atoms with Crippen molar-refractivity contribution in [3.8, 4) is 0 Å². The first-order valence-corrected chi connectivity index (χ1v) is 4.40.